The number of likely N-dealkylation sites (N-methyl/N-ethyl adjacent to an activating group) is 1. The number of nitrogens with one attached hydrogen (secondary N) is 1. The fourth-order valence-electron chi connectivity index (χ4n) is 3.49. The molecule has 2 amide bonds. The van der Waals surface area contributed by atoms with E-state index < -0.39 is 6.04 Å². The van der Waals surface area contributed by atoms with Gasteiger partial charge in [0, 0.05) is 25.0 Å². The molecule has 0 saturated heterocycles. The highest BCUT2D eigenvalue weighted by Gasteiger charge is 2.30. The number of nitrogens with zero attached hydrogens (tertiary/aromatic N) is 1. The third-order valence-electron chi connectivity index (χ3n) is 5.11. The summed E-state index contributed by atoms with van der Waals surface area (Å²) in [7, 11) is 1.58. The Morgan fingerprint density at radius 3 is 2.38 bits per heavy atom. The zero-order valence-corrected chi connectivity index (χ0v) is 19.0. The average molecular weight is 451 g/mol. The van der Waals surface area contributed by atoms with Gasteiger partial charge in [0.05, 0.1) is 0 Å². The molecule has 32 heavy (non-hydrogen) atoms. The molecular formula is C26H27ClN2O3. The molecule has 0 radical (unpaired) electrons. The third kappa shape index (κ3) is 6.59. The fraction of sp³-hybridized carbons (Fsp3) is 0.231. The summed E-state index contributed by atoms with van der Waals surface area (Å²) in [6, 6.07) is 23.7. The standard InChI is InChI=1S/C26H27ClN2O3/c1-19-8-6-13-23(14-19)32-18-25(30)29(17-21-11-7-12-22(27)15-21)24(26(31)28-2)16-20-9-4-3-5-10-20/h3-15,24H,16-18H2,1-2H3,(H,28,31). The van der Waals surface area contributed by atoms with Gasteiger partial charge in [-0.1, -0.05) is 66.2 Å². The topological polar surface area (TPSA) is 58.6 Å². The number of rotatable bonds is 9. The molecule has 1 unspecified atom stereocenters. The zero-order valence-electron chi connectivity index (χ0n) is 18.3. The van der Waals surface area contributed by atoms with E-state index in [2.05, 4.69) is 5.32 Å². The molecule has 3 aromatic rings. The molecule has 166 valence electrons. The van der Waals surface area contributed by atoms with Gasteiger partial charge in [0.15, 0.2) is 6.61 Å². The summed E-state index contributed by atoms with van der Waals surface area (Å²) in [5, 5.41) is 3.27. The van der Waals surface area contributed by atoms with Crippen molar-refractivity contribution in [3.05, 3.63) is 101 Å². The van der Waals surface area contributed by atoms with E-state index in [1.165, 1.54) is 0 Å². The summed E-state index contributed by atoms with van der Waals surface area (Å²) in [6.07, 6.45) is 0.386. The predicted molar refractivity (Wildman–Crippen MR) is 127 cm³/mol. The number of ether oxygens (including phenoxy) is 1. The van der Waals surface area contributed by atoms with Gasteiger partial charge in [0.2, 0.25) is 5.91 Å². The molecule has 0 aliphatic carbocycles. The first-order chi connectivity index (χ1) is 15.5. The Kier molecular flexibility index (Phi) is 8.28. The van der Waals surface area contributed by atoms with Crippen molar-refractivity contribution < 1.29 is 14.3 Å². The van der Waals surface area contributed by atoms with Crippen LogP contribution < -0.4 is 10.1 Å². The number of carbonyl (C=O) groups is 2. The minimum Gasteiger partial charge on any atom is -0.484 e. The first kappa shape index (κ1) is 23.4. The second-order valence-corrected chi connectivity index (χ2v) is 8.01. The van der Waals surface area contributed by atoms with Crippen molar-refractivity contribution in [2.75, 3.05) is 13.7 Å². The largest absolute Gasteiger partial charge is 0.484 e. The number of halogens is 1. The molecule has 0 spiro atoms. The molecule has 0 fully saturated rings. The van der Waals surface area contributed by atoms with E-state index in [0.717, 1.165) is 16.7 Å². The van der Waals surface area contributed by atoms with Crippen molar-refractivity contribution in [1.29, 1.82) is 0 Å². The van der Waals surface area contributed by atoms with Gasteiger partial charge in [-0.2, -0.15) is 0 Å². The SMILES string of the molecule is CNC(=O)C(Cc1ccccc1)N(Cc1cccc(Cl)c1)C(=O)COc1cccc(C)c1. The molecule has 0 heterocycles. The van der Waals surface area contributed by atoms with E-state index in [1.54, 1.807) is 24.1 Å². The maximum Gasteiger partial charge on any atom is 0.261 e. The predicted octanol–water partition coefficient (Wildman–Crippen LogP) is 4.41. The lowest BCUT2D eigenvalue weighted by atomic mass is 10.0. The highest BCUT2D eigenvalue weighted by atomic mass is 35.5. The van der Waals surface area contributed by atoms with Gasteiger partial charge in [-0.15, -0.1) is 0 Å². The number of hydrogen-bond donors (Lipinski definition) is 1. The van der Waals surface area contributed by atoms with Crippen LogP contribution in [0.25, 0.3) is 0 Å². The molecule has 0 saturated carbocycles. The van der Waals surface area contributed by atoms with E-state index in [1.807, 2.05) is 73.7 Å². The van der Waals surface area contributed by atoms with Gasteiger partial charge < -0.3 is 15.0 Å². The van der Waals surface area contributed by atoms with Crippen LogP contribution in [0.5, 0.6) is 5.75 Å². The Morgan fingerprint density at radius 1 is 0.969 bits per heavy atom. The van der Waals surface area contributed by atoms with Crippen molar-refractivity contribution >= 4 is 23.4 Å². The second-order valence-electron chi connectivity index (χ2n) is 7.58. The highest BCUT2D eigenvalue weighted by Crippen LogP contribution is 2.18. The summed E-state index contributed by atoms with van der Waals surface area (Å²) in [4.78, 5) is 27.8. The van der Waals surface area contributed by atoms with E-state index in [9.17, 15) is 9.59 Å². The number of carbonyl (C=O) groups excluding carboxylic acids is 2. The quantitative estimate of drug-likeness (QED) is 0.525. The highest BCUT2D eigenvalue weighted by molar-refractivity contribution is 6.30. The minimum absolute atomic E-state index is 0.174. The Bertz CT molecular complexity index is 1060. The van der Waals surface area contributed by atoms with E-state index in [-0.39, 0.29) is 25.0 Å². The lowest BCUT2D eigenvalue weighted by Crippen LogP contribution is -2.51. The Hall–Kier alpha value is -3.31. The van der Waals surface area contributed by atoms with Gasteiger partial charge in [-0.3, -0.25) is 9.59 Å². The van der Waals surface area contributed by atoms with Crippen LogP contribution in [0.15, 0.2) is 78.9 Å². The van der Waals surface area contributed by atoms with Crippen LogP contribution in [0, 0.1) is 6.92 Å². The summed E-state index contributed by atoms with van der Waals surface area (Å²) in [5.41, 5.74) is 2.84. The molecule has 6 heteroatoms. The van der Waals surface area contributed by atoms with Crippen molar-refractivity contribution in [1.82, 2.24) is 10.2 Å². The van der Waals surface area contributed by atoms with Crippen molar-refractivity contribution in [3.8, 4) is 5.75 Å². The van der Waals surface area contributed by atoms with Crippen LogP contribution >= 0.6 is 11.6 Å². The Morgan fingerprint density at radius 2 is 1.69 bits per heavy atom. The molecule has 0 aliphatic rings. The maximum atomic E-state index is 13.3. The zero-order chi connectivity index (χ0) is 22.9. The number of aryl methyl sites for hydroxylation is 1. The van der Waals surface area contributed by atoms with Gasteiger partial charge in [-0.25, -0.2) is 0 Å². The van der Waals surface area contributed by atoms with Crippen molar-refractivity contribution in [3.63, 3.8) is 0 Å². The lowest BCUT2D eigenvalue weighted by molar-refractivity contribution is -0.142. The molecule has 1 N–H and O–H groups in total. The molecule has 3 aromatic carbocycles. The molecule has 0 aliphatic heterocycles. The molecule has 1 atom stereocenters. The van der Waals surface area contributed by atoms with Gasteiger partial charge in [-0.05, 0) is 47.9 Å². The van der Waals surface area contributed by atoms with Crippen molar-refractivity contribution in [2.45, 2.75) is 25.9 Å². The monoisotopic (exact) mass is 450 g/mol. The Labute approximate surface area is 194 Å². The summed E-state index contributed by atoms with van der Waals surface area (Å²) in [5.74, 6) is 0.0939. The summed E-state index contributed by atoms with van der Waals surface area (Å²) >= 11 is 6.16. The van der Waals surface area contributed by atoms with Crippen LogP contribution in [0.1, 0.15) is 16.7 Å². The van der Waals surface area contributed by atoms with E-state index in [4.69, 9.17) is 16.3 Å². The molecular weight excluding hydrogens is 424 g/mol. The van der Waals surface area contributed by atoms with E-state index >= 15 is 0 Å². The molecule has 0 bridgehead atoms. The number of benzene rings is 3. The maximum absolute atomic E-state index is 13.3. The normalized spacial score (nSPS) is 11.5. The van der Waals surface area contributed by atoms with Gasteiger partial charge in [0.25, 0.3) is 5.91 Å². The molecule has 5 nitrogen and oxygen atoms in total. The average Bonchev–Trinajstić information content (AvgIpc) is 2.80. The van der Waals surface area contributed by atoms with Crippen LogP contribution in [0.4, 0.5) is 0 Å². The van der Waals surface area contributed by atoms with Crippen LogP contribution in [0.3, 0.4) is 0 Å². The van der Waals surface area contributed by atoms with Crippen molar-refractivity contribution in [2.24, 2.45) is 0 Å². The second kappa shape index (κ2) is 11.3. The Balaban J connectivity index is 1.87. The first-order valence-corrected chi connectivity index (χ1v) is 10.8. The van der Waals surface area contributed by atoms with Crippen LogP contribution in [0.2, 0.25) is 5.02 Å². The molecule has 0 aromatic heterocycles. The van der Waals surface area contributed by atoms with Gasteiger partial charge in [0.1, 0.15) is 11.8 Å². The summed E-state index contributed by atoms with van der Waals surface area (Å²) < 4.78 is 5.76. The third-order valence-corrected chi connectivity index (χ3v) is 5.35. The summed E-state index contributed by atoms with van der Waals surface area (Å²) in [6.45, 7) is 2.02. The van der Waals surface area contributed by atoms with Crippen LogP contribution in [-0.2, 0) is 22.6 Å². The minimum atomic E-state index is -0.699. The number of amides is 2. The van der Waals surface area contributed by atoms with Crippen LogP contribution in [-0.4, -0.2) is 36.4 Å². The fourth-order valence-corrected chi connectivity index (χ4v) is 3.70. The van der Waals surface area contributed by atoms with E-state index in [0.29, 0.717) is 17.2 Å². The van der Waals surface area contributed by atoms with Gasteiger partial charge >= 0.3 is 0 Å². The smallest absolute Gasteiger partial charge is 0.261 e. The molecule has 3 rings (SSSR count). The lowest BCUT2D eigenvalue weighted by Gasteiger charge is -2.31. The first-order valence-electron chi connectivity index (χ1n) is 10.4. The number of hydrogen-bond acceptors (Lipinski definition) is 3.